The summed E-state index contributed by atoms with van der Waals surface area (Å²) in [6.07, 6.45) is 0. The van der Waals surface area contributed by atoms with Gasteiger partial charge >= 0.3 is 6.61 Å². The molecule has 0 bridgehead atoms. The number of benzene rings is 2. The van der Waals surface area contributed by atoms with Gasteiger partial charge in [0.25, 0.3) is 0 Å². The number of nitrogens with two attached hydrogens (primary N) is 1. The van der Waals surface area contributed by atoms with Gasteiger partial charge in [-0.15, -0.1) is 0 Å². The Hall–Kier alpha value is -2.44. The van der Waals surface area contributed by atoms with E-state index >= 15 is 0 Å². The van der Waals surface area contributed by atoms with Crippen molar-refractivity contribution in [3.8, 4) is 5.75 Å². The van der Waals surface area contributed by atoms with Crippen molar-refractivity contribution in [1.29, 1.82) is 0 Å². The first kappa shape index (κ1) is 14.0. The number of anilines is 3. The molecule has 20 heavy (non-hydrogen) atoms. The monoisotopic (exact) mass is 286 g/mol. The highest BCUT2D eigenvalue weighted by Crippen LogP contribution is 2.26. The number of nitrogen functional groups attached to an aromatic ring is 1. The van der Waals surface area contributed by atoms with E-state index in [1.54, 1.807) is 0 Å². The Labute approximate surface area is 112 Å². The van der Waals surface area contributed by atoms with Crippen molar-refractivity contribution >= 4 is 17.1 Å². The van der Waals surface area contributed by atoms with E-state index < -0.39 is 18.2 Å². The summed E-state index contributed by atoms with van der Waals surface area (Å²) >= 11 is 0. The molecule has 0 amide bonds. The smallest absolute Gasteiger partial charge is 0.387 e. The zero-order chi connectivity index (χ0) is 14.7. The van der Waals surface area contributed by atoms with Gasteiger partial charge in [0.1, 0.15) is 11.4 Å². The second-order valence-corrected chi connectivity index (χ2v) is 3.89. The van der Waals surface area contributed by atoms with Crippen LogP contribution in [0.4, 0.5) is 34.6 Å². The zero-order valence-electron chi connectivity index (χ0n) is 10.0. The van der Waals surface area contributed by atoms with Crippen LogP contribution in [0.15, 0.2) is 36.4 Å². The molecule has 0 saturated carbocycles. The molecule has 0 aliphatic rings. The van der Waals surface area contributed by atoms with Gasteiger partial charge in [-0.3, -0.25) is 0 Å². The third-order valence-corrected chi connectivity index (χ3v) is 2.41. The Kier molecular flexibility index (Phi) is 3.97. The molecule has 3 nitrogen and oxygen atoms in total. The molecule has 0 radical (unpaired) electrons. The predicted molar refractivity (Wildman–Crippen MR) is 67.1 cm³/mol. The van der Waals surface area contributed by atoms with Gasteiger partial charge in [0.15, 0.2) is 11.6 Å². The fourth-order valence-corrected chi connectivity index (χ4v) is 1.58. The lowest BCUT2D eigenvalue weighted by Gasteiger charge is -2.10. The van der Waals surface area contributed by atoms with Gasteiger partial charge in [-0.05, 0) is 36.4 Å². The molecule has 0 unspecified atom stereocenters. The van der Waals surface area contributed by atoms with Gasteiger partial charge in [-0.1, -0.05) is 0 Å². The third-order valence-electron chi connectivity index (χ3n) is 2.41. The van der Waals surface area contributed by atoms with Crippen molar-refractivity contribution in [1.82, 2.24) is 0 Å². The Balaban J connectivity index is 2.18. The van der Waals surface area contributed by atoms with Gasteiger partial charge in [0.05, 0.1) is 0 Å². The van der Waals surface area contributed by atoms with Gasteiger partial charge in [-0.25, -0.2) is 8.78 Å². The van der Waals surface area contributed by atoms with Crippen molar-refractivity contribution in [3.05, 3.63) is 48.0 Å². The summed E-state index contributed by atoms with van der Waals surface area (Å²) in [5.41, 5.74) is 5.20. The number of nitrogens with one attached hydrogen (secondary N) is 1. The number of ether oxygens (including phenoxy) is 1. The molecule has 0 aromatic heterocycles. The molecule has 0 heterocycles. The molecule has 0 spiro atoms. The largest absolute Gasteiger partial charge is 0.435 e. The molecule has 0 aliphatic carbocycles. The Morgan fingerprint density at radius 2 is 1.55 bits per heavy atom. The van der Waals surface area contributed by atoms with Gasteiger partial charge in [0, 0.05) is 11.4 Å². The number of hydrogen-bond donors (Lipinski definition) is 2. The van der Waals surface area contributed by atoms with E-state index in [9.17, 15) is 17.6 Å². The average molecular weight is 286 g/mol. The maximum Gasteiger partial charge on any atom is 0.387 e. The van der Waals surface area contributed by atoms with Crippen LogP contribution in [0, 0.1) is 11.6 Å². The second kappa shape index (κ2) is 5.68. The number of rotatable bonds is 4. The van der Waals surface area contributed by atoms with Crippen molar-refractivity contribution in [2.24, 2.45) is 0 Å². The highest BCUT2D eigenvalue weighted by molar-refractivity contribution is 5.63. The molecule has 0 atom stereocenters. The lowest BCUT2D eigenvalue weighted by Crippen LogP contribution is -2.02. The van der Waals surface area contributed by atoms with Gasteiger partial charge in [0.2, 0.25) is 0 Å². The van der Waals surface area contributed by atoms with Crippen molar-refractivity contribution in [2.45, 2.75) is 6.61 Å². The minimum atomic E-state index is -2.93. The summed E-state index contributed by atoms with van der Waals surface area (Å²) in [4.78, 5) is 0. The molecule has 2 aromatic rings. The normalized spacial score (nSPS) is 10.7. The fourth-order valence-electron chi connectivity index (χ4n) is 1.58. The molecule has 0 aliphatic heterocycles. The topological polar surface area (TPSA) is 47.3 Å². The van der Waals surface area contributed by atoms with Crippen LogP contribution < -0.4 is 15.8 Å². The van der Waals surface area contributed by atoms with Crippen LogP contribution in [-0.2, 0) is 0 Å². The van der Waals surface area contributed by atoms with Gasteiger partial charge < -0.3 is 15.8 Å². The van der Waals surface area contributed by atoms with E-state index in [-0.39, 0.29) is 17.1 Å². The summed E-state index contributed by atoms with van der Waals surface area (Å²) < 4.78 is 55.2. The minimum Gasteiger partial charge on any atom is -0.435 e. The second-order valence-electron chi connectivity index (χ2n) is 3.89. The van der Waals surface area contributed by atoms with Crippen molar-refractivity contribution < 1.29 is 22.3 Å². The molecule has 3 N–H and O–H groups in total. The van der Waals surface area contributed by atoms with Crippen LogP contribution in [0.25, 0.3) is 0 Å². The molecule has 0 fully saturated rings. The molecule has 7 heteroatoms. The number of hydrogen-bond acceptors (Lipinski definition) is 3. The highest BCUT2D eigenvalue weighted by Gasteiger charge is 2.11. The third kappa shape index (κ3) is 3.31. The Bertz CT molecular complexity index is 579. The summed E-state index contributed by atoms with van der Waals surface area (Å²) in [6.45, 7) is -2.93. The Morgan fingerprint density at radius 3 is 2.05 bits per heavy atom. The summed E-state index contributed by atoms with van der Waals surface area (Å²) in [5, 5.41) is 2.50. The van der Waals surface area contributed by atoms with E-state index in [2.05, 4.69) is 10.1 Å². The van der Waals surface area contributed by atoms with Crippen molar-refractivity contribution in [2.75, 3.05) is 11.1 Å². The van der Waals surface area contributed by atoms with Gasteiger partial charge in [-0.2, -0.15) is 8.78 Å². The molecular formula is C13H10F4N2O. The molecule has 2 aromatic carbocycles. The predicted octanol–water partition coefficient (Wildman–Crippen LogP) is 3.89. The quantitative estimate of drug-likeness (QED) is 0.662. The summed E-state index contributed by atoms with van der Waals surface area (Å²) in [6, 6.07) is 7.16. The summed E-state index contributed by atoms with van der Waals surface area (Å²) in [5.74, 6) is -1.75. The maximum atomic E-state index is 13.5. The standard InChI is InChI=1S/C13H10F4N2O/c14-10-5-7(18)6-11(15)12(10)19-8-1-3-9(4-2-8)20-13(16)17/h1-6,13,19H,18H2. The van der Waals surface area contributed by atoms with E-state index in [4.69, 9.17) is 5.73 Å². The fraction of sp³-hybridized carbons (Fsp3) is 0.0769. The molecule has 106 valence electrons. The van der Waals surface area contributed by atoms with Crippen LogP contribution in [0.1, 0.15) is 0 Å². The van der Waals surface area contributed by atoms with Crippen LogP contribution in [0.5, 0.6) is 5.75 Å². The first-order chi connectivity index (χ1) is 9.45. The molecular weight excluding hydrogens is 276 g/mol. The number of alkyl halides is 2. The summed E-state index contributed by atoms with van der Waals surface area (Å²) in [7, 11) is 0. The first-order valence-corrected chi connectivity index (χ1v) is 5.52. The zero-order valence-corrected chi connectivity index (χ0v) is 10.0. The van der Waals surface area contributed by atoms with E-state index in [1.807, 2.05) is 0 Å². The SMILES string of the molecule is Nc1cc(F)c(Nc2ccc(OC(F)F)cc2)c(F)c1. The first-order valence-electron chi connectivity index (χ1n) is 5.52. The van der Waals surface area contributed by atoms with Crippen LogP contribution in [0.2, 0.25) is 0 Å². The Morgan fingerprint density at radius 1 is 1.00 bits per heavy atom. The van der Waals surface area contributed by atoms with Crippen LogP contribution >= 0.6 is 0 Å². The molecule has 2 rings (SSSR count). The minimum absolute atomic E-state index is 0.0359. The van der Waals surface area contributed by atoms with Crippen molar-refractivity contribution in [3.63, 3.8) is 0 Å². The van der Waals surface area contributed by atoms with E-state index in [0.29, 0.717) is 5.69 Å². The molecule has 0 saturated heterocycles. The lowest BCUT2D eigenvalue weighted by atomic mass is 10.2. The lowest BCUT2D eigenvalue weighted by molar-refractivity contribution is -0.0498. The average Bonchev–Trinajstić information content (AvgIpc) is 2.35. The number of halogens is 4. The van der Waals surface area contributed by atoms with E-state index in [1.165, 1.54) is 24.3 Å². The van der Waals surface area contributed by atoms with Crippen LogP contribution in [0.3, 0.4) is 0 Å². The van der Waals surface area contributed by atoms with E-state index in [0.717, 1.165) is 12.1 Å². The van der Waals surface area contributed by atoms with Crippen LogP contribution in [-0.4, -0.2) is 6.61 Å². The maximum absolute atomic E-state index is 13.5. The highest BCUT2D eigenvalue weighted by atomic mass is 19.3.